The molecule has 0 saturated heterocycles. The molecule has 6 nitrogen and oxygen atoms in total. The van der Waals surface area contributed by atoms with E-state index in [1.165, 1.54) is 5.39 Å². The van der Waals surface area contributed by atoms with Crippen LogP contribution in [-0.4, -0.2) is 28.7 Å². The predicted octanol–water partition coefficient (Wildman–Crippen LogP) is 10.2. The summed E-state index contributed by atoms with van der Waals surface area (Å²) in [4.78, 5) is 15.5. The highest BCUT2D eigenvalue weighted by atomic mass is 15.2. The molecule has 0 atom stereocenters. The van der Waals surface area contributed by atoms with Gasteiger partial charge in [-0.05, 0) is 36.4 Å². The van der Waals surface area contributed by atoms with Crippen molar-refractivity contribution >= 4 is 43.9 Å². The van der Waals surface area contributed by atoms with Gasteiger partial charge in [-0.2, -0.15) is 9.97 Å². The largest absolute Gasteiger partial charge is 0.306 e. The normalized spacial score (nSPS) is 11.7. The molecule has 6 aromatic carbocycles. The van der Waals surface area contributed by atoms with Crippen molar-refractivity contribution in [3.8, 4) is 40.1 Å². The molecule has 0 aliphatic heterocycles. The third-order valence-corrected chi connectivity index (χ3v) is 9.28. The number of benzene rings is 6. The Labute approximate surface area is 281 Å². The average Bonchev–Trinajstić information content (AvgIpc) is 3.81. The Morgan fingerprint density at radius 3 is 1.20 bits per heavy atom. The van der Waals surface area contributed by atoms with Crippen LogP contribution in [-0.2, 0) is 0 Å². The number of hydrogen-bond donors (Lipinski definition) is 0. The first-order chi connectivity index (χ1) is 24.3. The molecule has 230 valence electrons. The number of hydrogen-bond acceptors (Lipinski definition) is 3. The molecule has 0 amide bonds. The molecule has 0 spiro atoms. The van der Waals surface area contributed by atoms with Gasteiger partial charge in [0, 0.05) is 33.3 Å². The Balaban J connectivity index is 1.44. The van der Waals surface area contributed by atoms with Crippen LogP contribution < -0.4 is 0 Å². The summed E-state index contributed by atoms with van der Waals surface area (Å²) >= 11 is 0. The highest BCUT2D eigenvalue weighted by Gasteiger charge is 2.29. The molecule has 0 fully saturated rings. The monoisotopic (exact) mass is 628 g/mol. The Kier molecular flexibility index (Phi) is 6.08. The molecular weight excluding hydrogens is 601 g/mol. The van der Waals surface area contributed by atoms with Gasteiger partial charge in [-0.1, -0.05) is 133 Å². The maximum absolute atomic E-state index is 5.24. The van der Waals surface area contributed by atoms with Gasteiger partial charge < -0.3 is 9.13 Å². The fraction of sp³-hybridized carbons (Fsp3) is 0. The van der Waals surface area contributed by atoms with Gasteiger partial charge in [0.1, 0.15) is 5.52 Å². The maximum Gasteiger partial charge on any atom is 0.238 e. The van der Waals surface area contributed by atoms with E-state index in [-0.39, 0.29) is 0 Å². The summed E-state index contributed by atoms with van der Waals surface area (Å²) in [6.45, 7) is 0. The van der Waals surface area contributed by atoms with Crippen LogP contribution in [0.5, 0.6) is 0 Å². The first kappa shape index (κ1) is 27.3. The van der Waals surface area contributed by atoms with Crippen LogP contribution in [0.3, 0.4) is 0 Å². The quantitative estimate of drug-likeness (QED) is 0.191. The van der Waals surface area contributed by atoms with Gasteiger partial charge in [0.25, 0.3) is 0 Å². The zero-order chi connectivity index (χ0) is 32.3. The molecular formula is C43H28N6. The van der Waals surface area contributed by atoms with Crippen LogP contribution in [0.25, 0.3) is 84.0 Å². The zero-order valence-electron chi connectivity index (χ0n) is 26.3. The highest BCUT2D eigenvalue weighted by Crippen LogP contribution is 2.45. The lowest BCUT2D eigenvalue weighted by atomic mass is 10.2. The van der Waals surface area contributed by atoms with Crippen molar-refractivity contribution < 1.29 is 0 Å². The van der Waals surface area contributed by atoms with Gasteiger partial charge in [-0.3, -0.25) is 4.57 Å². The Morgan fingerprint density at radius 1 is 0.306 bits per heavy atom. The van der Waals surface area contributed by atoms with E-state index in [1.54, 1.807) is 0 Å². The van der Waals surface area contributed by atoms with Gasteiger partial charge in [-0.15, -0.1) is 0 Å². The summed E-state index contributed by atoms with van der Waals surface area (Å²) in [6.07, 6.45) is 0. The molecule has 0 aliphatic carbocycles. The van der Waals surface area contributed by atoms with Crippen LogP contribution >= 0.6 is 0 Å². The smallest absolute Gasteiger partial charge is 0.238 e. The van der Waals surface area contributed by atoms with Crippen molar-refractivity contribution in [3.05, 3.63) is 170 Å². The second-order valence-corrected chi connectivity index (χ2v) is 12.1. The Bertz CT molecular complexity index is 2740. The van der Waals surface area contributed by atoms with Crippen molar-refractivity contribution in [2.75, 3.05) is 0 Å². The molecule has 0 N–H and O–H groups in total. The van der Waals surface area contributed by atoms with E-state index >= 15 is 0 Å². The third-order valence-electron chi connectivity index (χ3n) is 9.28. The van der Waals surface area contributed by atoms with E-state index in [0.29, 0.717) is 17.6 Å². The molecule has 10 rings (SSSR count). The van der Waals surface area contributed by atoms with Crippen LogP contribution in [0.2, 0.25) is 0 Å². The number of para-hydroxylation sites is 4. The molecule has 0 aliphatic rings. The number of nitrogens with zero attached hydrogens (tertiary/aromatic N) is 6. The molecule has 0 saturated carbocycles. The molecule has 10 aromatic rings. The van der Waals surface area contributed by atoms with E-state index in [1.807, 2.05) is 36.4 Å². The summed E-state index contributed by atoms with van der Waals surface area (Å²) in [7, 11) is 0. The predicted molar refractivity (Wildman–Crippen MR) is 199 cm³/mol. The minimum atomic E-state index is 0.566. The summed E-state index contributed by atoms with van der Waals surface area (Å²) in [6, 6.07) is 58.8. The standard InChI is InChI=1S/C43H28N6/c1-5-17-29(18-6-1)41-44-42(30-19-7-2-8-20-30)46-43(45-41)49-36-28-16-14-26-34(36)38-40(49)39-37(48(38)32-23-11-4-12-24-32)33-25-13-15-27-35(33)47(39)31-21-9-3-10-22-31/h1-28H. The van der Waals surface area contributed by atoms with Gasteiger partial charge in [0.2, 0.25) is 5.95 Å². The molecule has 49 heavy (non-hydrogen) atoms. The lowest BCUT2D eigenvalue weighted by Crippen LogP contribution is -2.06. The van der Waals surface area contributed by atoms with Crippen molar-refractivity contribution in [2.45, 2.75) is 0 Å². The summed E-state index contributed by atoms with van der Waals surface area (Å²) in [5.41, 5.74) is 10.6. The van der Waals surface area contributed by atoms with Crippen molar-refractivity contribution in [1.29, 1.82) is 0 Å². The van der Waals surface area contributed by atoms with E-state index in [4.69, 9.17) is 15.0 Å². The highest BCUT2D eigenvalue weighted by molar-refractivity contribution is 6.25. The Hall–Kier alpha value is -6.79. The van der Waals surface area contributed by atoms with Gasteiger partial charge >= 0.3 is 0 Å². The van der Waals surface area contributed by atoms with Gasteiger partial charge in [0.05, 0.1) is 27.6 Å². The fourth-order valence-electron chi connectivity index (χ4n) is 7.23. The second kappa shape index (κ2) is 10.9. The summed E-state index contributed by atoms with van der Waals surface area (Å²) in [5, 5.41) is 2.28. The zero-order valence-corrected chi connectivity index (χ0v) is 26.3. The molecule has 0 unspecified atom stereocenters. The van der Waals surface area contributed by atoms with Crippen LogP contribution in [0.1, 0.15) is 0 Å². The van der Waals surface area contributed by atoms with E-state index in [2.05, 4.69) is 147 Å². The molecule has 0 bridgehead atoms. The molecule has 6 heteroatoms. The minimum absolute atomic E-state index is 0.566. The second-order valence-electron chi connectivity index (χ2n) is 12.1. The van der Waals surface area contributed by atoms with Crippen molar-refractivity contribution in [3.63, 3.8) is 0 Å². The Morgan fingerprint density at radius 2 is 0.694 bits per heavy atom. The van der Waals surface area contributed by atoms with Crippen molar-refractivity contribution in [2.24, 2.45) is 0 Å². The topological polar surface area (TPSA) is 53.5 Å². The van der Waals surface area contributed by atoms with E-state index in [9.17, 15) is 0 Å². The summed E-state index contributed by atoms with van der Waals surface area (Å²) < 4.78 is 7.05. The molecule has 4 heterocycles. The lowest BCUT2D eigenvalue weighted by Gasteiger charge is -2.12. The van der Waals surface area contributed by atoms with Gasteiger partial charge in [-0.25, -0.2) is 4.98 Å². The lowest BCUT2D eigenvalue weighted by molar-refractivity contribution is 0.953. The summed E-state index contributed by atoms with van der Waals surface area (Å²) in [5.74, 6) is 1.81. The minimum Gasteiger partial charge on any atom is -0.306 e. The number of fused-ring (bicyclic) bond motifs is 7. The van der Waals surface area contributed by atoms with Crippen molar-refractivity contribution in [1.82, 2.24) is 28.7 Å². The first-order valence-corrected chi connectivity index (χ1v) is 16.4. The van der Waals surface area contributed by atoms with E-state index in [0.717, 1.165) is 61.0 Å². The average molecular weight is 629 g/mol. The number of aromatic nitrogens is 6. The maximum atomic E-state index is 5.24. The molecule has 4 aromatic heterocycles. The SMILES string of the molecule is c1ccc(-c2nc(-c3ccccc3)nc(-n3c4ccccc4c4c3c3c(c5ccccc5n3-c3ccccc3)n4-c3ccccc3)n2)cc1. The first-order valence-electron chi connectivity index (χ1n) is 16.4. The van der Waals surface area contributed by atoms with Crippen LogP contribution in [0.15, 0.2) is 170 Å². The van der Waals surface area contributed by atoms with Gasteiger partial charge in [0.15, 0.2) is 11.6 Å². The fourth-order valence-corrected chi connectivity index (χ4v) is 7.23. The van der Waals surface area contributed by atoms with Crippen LogP contribution in [0, 0.1) is 0 Å². The number of rotatable bonds is 5. The molecule has 0 radical (unpaired) electrons. The third kappa shape index (κ3) is 4.17. The van der Waals surface area contributed by atoms with Crippen LogP contribution in [0.4, 0.5) is 0 Å². The van der Waals surface area contributed by atoms with E-state index < -0.39 is 0 Å².